The van der Waals surface area contributed by atoms with Crippen LogP contribution in [-0.4, -0.2) is 65.8 Å². The normalized spacial score (nSPS) is 21.4. The predicted molar refractivity (Wildman–Crippen MR) is 114 cm³/mol. The molecule has 2 fully saturated rings. The van der Waals surface area contributed by atoms with E-state index in [1.165, 1.54) is 0 Å². The predicted octanol–water partition coefficient (Wildman–Crippen LogP) is 3.30. The van der Waals surface area contributed by atoms with Crippen molar-refractivity contribution >= 4 is 11.9 Å². The SMILES string of the molecule is O=C(CC1CCC(COCc2ccccc2)O1)N1CCN(c2ncc(C(F)(F)F)cn2)CC1. The third-order valence-corrected chi connectivity index (χ3v) is 5.89. The molecule has 3 heterocycles. The van der Waals surface area contributed by atoms with Gasteiger partial charge in [-0.1, -0.05) is 30.3 Å². The molecule has 0 aliphatic carbocycles. The first-order valence-corrected chi connectivity index (χ1v) is 11.1. The van der Waals surface area contributed by atoms with Crippen LogP contribution >= 0.6 is 0 Å². The summed E-state index contributed by atoms with van der Waals surface area (Å²) in [6.45, 7) is 2.93. The van der Waals surface area contributed by atoms with Gasteiger partial charge in [-0.15, -0.1) is 0 Å². The molecule has 1 amide bonds. The lowest BCUT2D eigenvalue weighted by Crippen LogP contribution is -2.49. The van der Waals surface area contributed by atoms with Crippen molar-refractivity contribution in [2.24, 2.45) is 0 Å². The van der Waals surface area contributed by atoms with E-state index >= 15 is 0 Å². The van der Waals surface area contributed by atoms with Crippen LogP contribution in [0, 0.1) is 0 Å². The largest absolute Gasteiger partial charge is 0.419 e. The Bertz CT molecular complexity index is 903. The van der Waals surface area contributed by atoms with E-state index in [9.17, 15) is 18.0 Å². The van der Waals surface area contributed by atoms with Crippen LogP contribution in [0.4, 0.5) is 19.1 Å². The molecule has 1 aromatic heterocycles. The molecule has 0 saturated carbocycles. The molecule has 7 nitrogen and oxygen atoms in total. The Morgan fingerprint density at radius 2 is 1.70 bits per heavy atom. The second kappa shape index (κ2) is 10.5. The van der Waals surface area contributed by atoms with E-state index in [1.54, 1.807) is 9.80 Å². The fourth-order valence-corrected chi connectivity index (χ4v) is 4.05. The number of amides is 1. The molecule has 33 heavy (non-hydrogen) atoms. The number of hydrogen-bond acceptors (Lipinski definition) is 6. The third kappa shape index (κ3) is 6.42. The number of carbonyl (C=O) groups is 1. The molecule has 2 unspecified atom stereocenters. The minimum atomic E-state index is -4.46. The van der Waals surface area contributed by atoms with Crippen molar-refractivity contribution in [1.29, 1.82) is 0 Å². The highest BCUT2D eigenvalue weighted by molar-refractivity contribution is 5.77. The van der Waals surface area contributed by atoms with E-state index in [1.807, 2.05) is 30.3 Å². The molecular formula is C23H27F3N4O3. The Morgan fingerprint density at radius 1 is 1.03 bits per heavy atom. The molecule has 2 atom stereocenters. The summed E-state index contributed by atoms with van der Waals surface area (Å²) in [6.07, 6.45) is -0.977. The molecule has 0 radical (unpaired) electrons. The highest BCUT2D eigenvalue weighted by atomic mass is 19.4. The molecule has 1 aromatic carbocycles. The molecule has 0 spiro atoms. The number of ether oxygens (including phenoxy) is 2. The highest BCUT2D eigenvalue weighted by Gasteiger charge is 2.33. The van der Waals surface area contributed by atoms with Crippen LogP contribution in [-0.2, 0) is 27.1 Å². The average Bonchev–Trinajstić information content (AvgIpc) is 3.26. The number of carbonyl (C=O) groups excluding carboxylic acids is 1. The average molecular weight is 464 g/mol. The quantitative estimate of drug-likeness (QED) is 0.627. The maximum Gasteiger partial charge on any atom is 0.419 e. The lowest BCUT2D eigenvalue weighted by Gasteiger charge is -2.35. The summed E-state index contributed by atoms with van der Waals surface area (Å²) >= 11 is 0. The van der Waals surface area contributed by atoms with E-state index in [0.29, 0.717) is 45.8 Å². The Morgan fingerprint density at radius 3 is 2.36 bits per heavy atom. The van der Waals surface area contributed by atoms with E-state index in [0.717, 1.165) is 30.8 Å². The van der Waals surface area contributed by atoms with Crippen LogP contribution in [0.25, 0.3) is 0 Å². The molecule has 10 heteroatoms. The summed E-state index contributed by atoms with van der Waals surface area (Å²) in [5, 5.41) is 0. The van der Waals surface area contributed by atoms with Crippen LogP contribution in [0.1, 0.15) is 30.4 Å². The summed E-state index contributed by atoms with van der Waals surface area (Å²) in [7, 11) is 0. The number of aromatic nitrogens is 2. The van der Waals surface area contributed by atoms with Crippen LogP contribution in [0.5, 0.6) is 0 Å². The topological polar surface area (TPSA) is 67.8 Å². The first-order chi connectivity index (χ1) is 15.9. The van der Waals surface area contributed by atoms with Gasteiger partial charge in [-0.3, -0.25) is 4.79 Å². The van der Waals surface area contributed by atoms with Gasteiger partial charge in [0.2, 0.25) is 11.9 Å². The molecule has 0 N–H and O–H groups in total. The molecule has 178 valence electrons. The van der Waals surface area contributed by atoms with Crippen LogP contribution < -0.4 is 4.90 Å². The van der Waals surface area contributed by atoms with E-state index in [-0.39, 0.29) is 24.1 Å². The first kappa shape index (κ1) is 23.4. The molecule has 2 saturated heterocycles. The van der Waals surface area contributed by atoms with Gasteiger partial charge in [0.15, 0.2) is 0 Å². The van der Waals surface area contributed by atoms with Gasteiger partial charge in [0.05, 0.1) is 37.4 Å². The zero-order chi connectivity index (χ0) is 23.3. The fourth-order valence-electron chi connectivity index (χ4n) is 4.05. The summed E-state index contributed by atoms with van der Waals surface area (Å²) in [5.74, 6) is 0.270. The number of piperazine rings is 1. The van der Waals surface area contributed by atoms with E-state index < -0.39 is 11.7 Å². The smallest absolute Gasteiger partial charge is 0.374 e. The van der Waals surface area contributed by atoms with Crippen LogP contribution in [0.3, 0.4) is 0 Å². The van der Waals surface area contributed by atoms with Gasteiger partial charge in [0, 0.05) is 38.6 Å². The van der Waals surface area contributed by atoms with Crippen molar-refractivity contribution in [1.82, 2.24) is 14.9 Å². The minimum Gasteiger partial charge on any atom is -0.374 e. The minimum absolute atomic E-state index is 0.000165. The number of anilines is 1. The molecular weight excluding hydrogens is 437 g/mol. The third-order valence-electron chi connectivity index (χ3n) is 5.89. The summed E-state index contributed by atoms with van der Waals surface area (Å²) in [4.78, 5) is 23.9. The monoisotopic (exact) mass is 464 g/mol. The van der Waals surface area contributed by atoms with E-state index in [4.69, 9.17) is 9.47 Å². The summed E-state index contributed by atoms with van der Waals surface area (Å²) in [5.41, 5.74) is 0.239. The number of alkyl halides is 3. The summed E-state index contributed by atoms with van der Waals surface area (Å²) in [6, 6.07) is 9.94. The van der Waals surface area contributed by atoms with Gasteiger partial charge < -0.3 is 19.3 Å². The zero-order valence-electron chi connectivity index (χ0n) is 18.2. The standard InChI is InChI=1S/C23H27F3N4O3/c24-23(25,26)18-13-27-22(28-14-18)30-10-8-29(9-11-30)21(31)12-19-6-7-20(33-19)16-32-15-17-4-2-1-3-5-17/h1-5,13-14,19-20H,6-12,15-16H2. The van der Waals surface area contributed by atoms with Crippen molar-refractivity contribution < 1.29 is 27.4 Å². The van der Waals surface area contributed by atoms with E-state index in [2.05, 4.69) is 9.97 Å². The fraction of sp³-hybridized carbons (Fsp3) is 0.522. The number of halogens is 3. The van der Waals surface area contributed by atoms with Crippen molar-refractivity contribution in [2.75, 3.05) is 37.7 Å². The van der Waals surface area contributed by atoms with Gasteiger partial charge >= 0.3 is 6.18 Å². The Labute approximate surface area is 190 Å². The van der Waals surface area contributed by atoms with Gasteiger partial charge in [-0.25, -0.2) is 9.97 Å². The number of hydrogen-bond donors (Lipinski definition) is 0. The van der Waals surface area contributed by atoms with Gasteiger partial charge in [-0.2, -0.15) is 13.2 Å². The second-order valence-corrected chi connectivity index (χ2v) is 8.30. The van der Waals surface area contributed by atoms with Crippen molar-refractivity contribution in [2.45, 2.75) is 44.3 Å². The second-order valence-electron chi connectivity index (χ2n) is 8.30. The Hall–Kier alpha value is -2.72. The zero-order valence-corrected chi connectivity index (χ0v) is 18.2. The van der Waals surface area contributed by atoms with Crippen molar-refractivity contribution in [3.63, 3.8) is 0 Å². The van der Waals surface area contributed by atoms with Crippen LogP contribution in [0.2, 0.25) is 0 Å². The van der Waals surface area contributed by atoms with Gasteiger partial charge in [0.25, 0.3) is 0 Å². The van der Waals surface area contributed by atoms with Crippen LogP contribution in [0.15, 0.2) is 42.7 Å². The molecule has 4 rings (SSSR count). The highest BCUT2D eigenvalue weighted by Crippen LogP contribution is 2.28. The van der Waals surface area contributed by atoms with Gasteiger partial charge in [-0.05, 0) is 18.4 Å². The summed E-state index contributed by atoms with van der Waals surface area (Å²) < 4.78 is 49.8. The number of rotatable bonds is 7. The molecule has 2 aliphatic rings. The molecule has 2 aliphatic heterocycles. The first-order valence-electron chi connectivity index (χ1n) is 11.1. The Kier molecular flexibility index (Phi) is 7.44. The lowest BCUT2D eigenvalue weighted by molar-refractivity contribution is -0.138. The van der Waals surface area contributed by atoms with Crippen molar-refractivity contribution in [3.05, 3.63) is 53.9 Å². The maximum atomic E-state index is 12.7. The number of benzene rings is 1. The maximum absolute atomic E-state index is 12.7. The Balaban J connectivity index is 1.17. The lowest BCUT2D eigenvalue weighted by atomic mass is 10.1. The van der Waals surface area contributed by atoms with Gasteiger partial charge in [0.1, 0.15) is 0 Å². The number of nitrogens with zero attached hydrogens (tertiary/aromatic N) is 4. The molecule has 2 aromatic rings. The molecule has 0 bridgehead atoms. The van der Waals surface area contributed by atoms with Crippen molar-refractivity contribution in [3.8, 4) is 0 Å².